The van der Waals surface area contributed by atoms with E-state index in [-0.39, 0.29) is 25.1 Å². The van der Waals surface area contributed by atoms with Crippen molar-refractivity contribution in [2.75, 3.05) is 24.6 Å². The maximum atomic E-state index is 12.3. The first-order chi connectivity index (χ1) is 13.6. The first-order valence-corrected chi connectivity index (χ1v) is 9.86. The zero-order valence-corrected chi connectivity index (χ0v) is 16.8. The summed E-state index contributed by atoms with van der Waals surface area (Å²) in [5.41, 5.74) is 8.75. The van der Waals surface area contributed by atoms with E-state index in [1.807, 2.05) is 30.4 Å². The van der Waals surface area contributed by atoms with Crippen LogP contribution < -0.4 is 15.8 Å². The smallest absolute Gasteiger partial charge is 0.278 e. The lowest BCUT2D eigenvalue weighted by Crippen LogP contribution is -2.45. The van der Waals surface area contributed by atoms with E-state index in [9.17, 15) is 9.59 Å². The average molecular weight is 422 g/mol. The van der Waals surface area contributed by atoms with Crippen LogP contribution in [0.15, 0.2) is 35.9 Å². The minimum Gasteiger partial charge on any atom is -0.278 e. The number of hydroxylamine groups is 1. The predicted molar refractivity (Wildman–Crippen MR) is 109 cm³/mol. The second kappa shape index (κ2) is 9.65. The van der Waals surface area contributed by atoms with E-state index in [1.165, 1.54) is 23.3 Å². The van der Waals surface area contributed by atoms with Gasteiger partial charge in [0, 0.05) is 25.0 Å². The molecule has 0 bridgehead atoms. The van der Waals surface area contributed by atoms with Crippen molar-refractivity contribution in [2.24, 2.45) is 0 Å². The number of aromatic nitrogens is 1. The van der Waals surface area contributed by atoms with Crippen molar-refractivity contribution in [3.63, 3.8) is 0 Å². The molecular weight excluding hydrogens is 402 g/mol. The summed E-state index contributed by atoms with van der Waals surface area (Å²) in [6, 6.07) is 7.01. The lowest BCUT2D eigenvalue weighted by Gasteiger charge is -2.24. The van der Waals surface area contributed by atoms with E-state index < -0.39 is 0 Å². The van der Waals surface area contributed by atoms with Gasteiger partial charge < -0.3 is 0 Å². The maximum Gasteiger partial charge on any atom is 0.346 e. The zero-order valence-electron chi connectivity index (χ0n) is 15.2. The van der Waals surface area contributed by atoms with Crippen molar-refractivity contribution in [3.05, 3.63) is 52.1 Å². The summed E-state index contributed by atoms with van der Waals surface area (Å²) in [5.74, 6) is -0.169. The molecule has 0 unspecified atom stereocenters. The Hall–Kier alpha value is -2.46. The number of hydrazine groups is 1. The van der Waals surface area contributed by atoms with Gasteiger partial charge in [-0.2, -0.15) is 0 Å². The predicted octanol–water partition coefficient (Wildman–Crippen LogP) is 2.82. The molecular formula is C18H20ClN5O3S. The fourth-order valence-corrected chi connectivity index (χ4v) is 3.56. The van der Waals surface area contributed by atoms with Crippen LogP contribution in [0.5, 0.6) is 0 Å². The maximum absolute atomic E-state index is 12.3. The summed E-state index contributed by atoms with van der Waals surface area (Å²) in [4.78, 5) is 35.1. The summed E-state index contributed by atoms with van der Waals surface area (Å²) in [7, 11) is 0. The third-order valence-electron chi connectivity index (χ3n) is 4.00. The van der Waals surface area contributed by atoms with Gasteiger partial charge in [0.15, 0.2) is 0 Å². The van der Waals surface area contributed by atoms with E-state index in [4.69, 9.17) is 16.4 Å². The quantitative estimate of drug-likeness (QED) is 0.530. The highest BCUT2D eigenvalue weighted by Crippen LogP contribution is 2.29. The Labute approximate surface area is 171 Å². The second-order valence-electron chi connectivity index (χ2n) is 5.91. The number of nitrogens with one attached hydrogen (secondary N) is 2. The van der Waals surface area contributed by atoms with Gasteiger partial charge in [-0.3, -0.25) is 19.5 Å². The molecule has 0 saturated heterocycles. The number of carbonyl (C=O) groups excluding carboxylic acids is 2. The molecule has 2 aromatic rings. The largest absolute Gasteiger partial charge is 0.346 e. The number of hydrogen-bond acceptors (Lipinski definition) is 6. The molecule has 0 spiro atoms. The second-order valence-corrected chi connectivity index (χ2v) is 7.15. The number of hydrogen-bond donors (Lipinski definition) is 2. The normalized spacial score (nSPS) is 12.6. The highest BCUT2D eigenvalue weighted by molar-refractivity contribution is 7.14. The molecule has 0 fully saturated rings. The van der Waals surface area contributed by atoms with Gasteiger partial charge in [0.2, 0.25) is 5.91 Å². The number of rotatable bonds is 7. The molecule has 0 saturated carbocycles. The van der Waals surface area contributed by atoms with Crippen LogP contribution >= 0.6 is 22.9 Å². The van der Waals surface area contributed by atoms with Crippen molar-refractivity contribution >= 4 is 46.0 Å². The minimum absolute atomic E-state index is 0.125. The molecule has 28 heavy (non-hydrogen) atoms. The number of thiazole rings is 1. The van der Waals surface area contributed by atoms with Gasteiger partial charge >= 0.3 is 6.03 Å². The number of anilines is 1. The van der Waals surface area contributed by atoms with Crippen molar-refractivity contribution in [2.45, 2.75) is 13.5 Å². The van der Waals surface area contributed by atoms with Gasteiger partial charge in [-0.1, -0.05) is 35.9 Å². The van der Waals surface area contributed by atoms with Crippen LogP contribution in [-0.2, 0) is 16.2 Å². The number of nitrogens with zero attached hydrogens (tertiary/aromatic N) is 3. The third-order valence-corrected chi connectivity index (χ3v) is 5.24. The molecule has 1 aromatic heterocycles. The topological polar surface area (TPSA) is 86.8 Å². The Morgan fingerprint density at radius 1 is 1.39 bits per heavy atom. The average Bonchev–Trinajstić information content (AvgIpc) is 3.17. The summed E-state index contributed by atoms with van der Waals surface area (Å²) < 4.78 is 0. The summed E-state index contributed by atoms with van der Waals surface area (Å²) in [5, 5.41) is 2.82. The molecule has 0 aliphatic carbocycles. The Kier molecular flexibility index (Phi) is 6.99. The molecule has 1 aliphatic rings. The van der Waals surface area contributed by atoms with Crippen LogP contribution in [0, 0.1) is 0 Å². The Bertz CT molecular complexity index is 872. The lowest BCUT2D eigenvalue weighted by molar-refractivity contribution is -0.133. The molecule has 1 aliphatic heterocycles. The summed E-state index contributed by atoms with van der Waals surface area (Å²) >= 11 is 7.51. The van der Waals surface area contributed by atoms with Crippen molar-refractivity contribution in [1.29, 1.82) is 0 Å². The van der Waals surface area contributed by atoms with Crippen molar-refractivity contribution in [3.8, 4) is 0 Å². The number of halogens is 1. The molecule has 1 aromatic carbocycles. The van der Waals surface area contributed by atoms with Crippen LogP contribution in [0.3, 0.4) is 0 Å². The molecule has 0 atom stereocenters. The van der Waals surface area contributed by atoms with E-state index in [2.05, 4.69) is 15.9 Å². The lowest BCUT2D eigenvalue weighted by atomic mass is 10.2. The van der Waals surface area contributed by atoms with Gasteiger partial charge in [-0.15, -0.1) is 11.3 Å². The first-order valence-electron chi connectivity index (χ1n) is 8.60. The number of urea groups is 1. The van der Waals surface area contributed by atoms with Gasteiger partial charge in [0.1, 0.15) is 5.00 Å². The van der Waals surface area contributed by atoms with Crippen LogP contribution in [0.2, 0.25) is 5.02 Å². The minimum atomic E-state index is -0.381. The fraction of sp³-hybridized carbons (Fsp3) is 0.278. The molecule has 10 heteroatoms. The molecule has 2 N–H and O–H groups in total. The fourth-order valence-electron chi connectivity index (χ4n) is 2.57. The van der Waals surface area contributed by atoms with Crippen LogP contribution in [0.4, 0.5) is 9.80 Å². The summed E-state index contributed by atoms with van der Waals surface area (Å²) in [6.07, 6.45) is 3.74. The van der Waals surface area contributed by atoms with Crippen molar-refractivity contribution < 1.29 is 14.4 Å². The Morgan fingerprint density at radius 3 is 3.00 bits per heavy atom. The number of fused-ring (bicyclic) bond motifs is 1. The zero-order chi connectivity index (χ0) is 19.9. The molecule has 2 heterocycles. The molecule has 3 rings (SSSR count). The monoisotopic (exact) mass is 421 g/mol. The summed E-state index contributed by atoms with van der Waals surface area (Å²) in [6.45, 7) is 2.68. The standard InChI is InChI=1S/C18H20ClN5O3S/c1-13(25)24(21-11-14-5-2-3-6-15(14)19)9-10-27-22-18(26)23-8-4-7-16-17(23)28-12-20-16/h2-7,12,21H,8-11H2,1H3,(H,22,26). The van der Waals surface area contributed by atoms with Crippen LogP contribution in [-0.4, -0.2) is 41.6 Å². The van der Waals surface area contributed by atoms with Crippen LogP contribution in [0.25, 0.3) is 6.08 Å². The van der Waals surface area contributed by atoms with Crippen molar-refractivity contribution in [1.82, 2.24) is 20.9 Å². The Morgan fingerprint density at radius 2 is 2.21 bits per heavy atom. The number of amides is 3. The van der Waals surface area contributed by atoms with E-state index in [1.54, 1.807) is 16.5 Å². The van der Waals surface area contributed by atoms with E-state index in [0.29, 0.717) is 18.1 Å². The first kappa shape index (κ1) is 20.3. The van der Waals surface area contributed by atoms with Gasteiger partial charge in [-0.05, 0) is 17.7 Å². The number of benzene rings is 1. The number of carbonyl (C=O) groups is 2. The highest BCUT2D eigenvalue weighted by atomic mass is 35.5. The third kappa shape index (κ3) is 5.08. The molecule has 8 nitrogen and oxygen atoms in total. The Balaban J connectivity index is 1.44. The molecule has 3 amide bonds. The van der Waals surface area contributed by atoms with Gasteiger partial charge in [-0.25, -0.2) is 20.7 Å². The highest BCUT2D eigenvalue weighted by Gasteiger charge is 2.22. The van der Waals surface area contributed by atoms with E-state index in [0.717, 1.165) is 16.3 Å². The SMILES string of the molecule is CC(=O)N(CCONC(=O)N1CC=Cc2ncsc21)NCc1ccccc1Cl. The van der Waals surface area contributed by atoms with Crippen LogP contribution in [0.1, 0.15) is 18.2 Å². The van der Waals surface area contributed by atoms with Gasteiger partial charge in [0.25, 0.3) is 0 Å². The molecule has 0 radical (unpaired) electrons. The van der Waals surface area contributed by atoms with E-state index >= 15 is 0 Å². The molecule has 148 valence electrons. The van der Waals surface area contributed by atoms with Gasteiger partial charge in [0.05, 0.1) is 24.4 Å².